The standard InChI is InChI=1S/C29H53NO21/c30-4-2-1-3-5-44-26-20(41)16(37)23(11(7-32)46-26)50-28-22(43)18(39)25(13(9-34)48-28)51-29-21(42)17(38)24(12(8-33)47-29)49-27-19(40)15(36)14(35)10(6-31)45-27/h10-29,31-43H,1-9,30H2/t10?,11?,12?,13?,14-,15?,16?,17-,18-,19+,20+,21?,22?,23-,24-,25+,26-,27+,28-,29-/m1/s1. The number of hydrogen-bond donors (Lipinski definition) is 14. The molecule has 4 heterocycles. The maximum absolute atomic E-state index is 11.0. The highest BCUT2D eigenvalue weighted by atomic mass is 16.8. The quantitative estimate of drug-likeness (QED) is 0.0651. The first-order valence-electron chi connectivity index (χ1n) is 16.8. The topological polar surface area (TPSA) is 363 Å². The fourth-order valence-electron chi connectivity index (χ4n) is 6.29. The highest BCUT2D eigenvalue weighted by Gasteiger charge is 2.55. The molecule has 15 N–H and O–H groups in total. The van der Waals surface area contributed by atoms with Crippen molar-refractivity contribution in [3.63, 3.8) is 0 Å². The molecule has 22 nitrogen and oxygen atoms in total. The number of hydrogen-bond acceptors (Lipinski definition) is 22. The lowest BCUT2D eigenvalue weighted by Gasteiger charge is -2.49. The van der Waals surface area contributed by atoms with Crippen LogP contribution < -0.4 is 5.73 Å². The van der Waals surface area contributed by atoms with E-state index in [0.717, 1.165) is 12.8 Å². The number of ether oxygens (including phenoxy) is 8. The Kier molecular flexibility index (Phi) is 16.5. The zero-order chi connectivity index (χ0) is 37.6. The van der Waals surface area contributed by atoms with Crippen LogP contribution in [0.25, 0.3) is 0 Å². The fourth-order valence-corrected chi connectivity index (χ4v) is 6.29. The van der Waals surface area contributed by atoms with E-state index in [9.17, 15) is 66.4 Å². The van der Waals surface area contributed by atoms with Crippen LogP contribution in [-0.2, 0) is 37.9 Å². The van der Waals surface area contributed by atoms with Gasteiger partial charge in [-0.15, -0.1) is 0 Å². The molecule has 51 heavy (non-hydrogen) atoms. The third-order valence-electron chi connectivity index (χ3n) is 9.31. The molecule has 4 fully saturated rings. The lowest BCUT2D eigenvalue weighted by Crippen LogP contribution is -2.67. The molecule has 0 bridgehead atoms. The molecule has 0 spiro atoms. The van der Waals surface area contributed by atoms with Crippen LogP contribution >= 0.6 is 0 Å². The summed E-state index contributed by atoms with van der Waals surface area (Å²) in [6.45, 7) is -2.62. The second kappa shape index (κ2) is 19.6. The van der Waals surface area contributed by atoms with Gasteiger partial charge in [-0.05, 0) is 25.8 Å². The summed E-state index contributed by atoms with van der Waals surface area (Å²) in [4.78, 5) is 0. The third-order valence-corrected chi connectivity index (χ3v) is 9.31. The van der Waals surface area contributed by atoms with Crippen LogP contribution in [0.1, 0.15) is 19.3 Å². The van der Waals surface area contributed by atoms with Gasteiger partial charge in [0.2, 0.25) is 0 Å². The predicted octanol–water partition coefficient (Wildman–Crippen LogP) is -8.60. The molecule has 22 heteroatoms. The van der Waals surface area contributed by atoms with Crippen molar-refractivity contribution in [3.8, 4) is 0 Å². The largest absolute Gasteiger partial charge is 0.394 e. The van der Waals surface area contributed by atoms with Crippen LogP contribution in [0.3, 0.4) is 0 Å². The molecule has 4 saturated heterocycles. The Morgan fingerprint density at radius 3 is 1.14 bits per heavy atom. The van der Waals surface area contributed by atoms with Gasteiger partial charge in [0, 0.05) is 6.61 Å². The minimum absolute atomic E-state index is 0.162. The molecule has 20 atom stereocenters. The average molecular weight is 752 g/mol. The molecule has 0 amide bonds. The maximum atomic E-state index is 11.0. The van der Waals surface area contributed by atoms with Gasteiger partial charge in [-0.3, -0.25) is 0 Å². The lowest BCUT2D eigenvalue weighted by atomic mass is 9.95. The summed E-state index contributed by atoms with van der Waals surface area (Å²) in [6.07, 6.45) is -32.0. The maximum Gasteiger partial charge on any atom is 0.187 e. The van der Waals surface area contributed by atoms with E-state index >= 15 is 0 Å². The normalized spacial score (nSPS) is 48.1. The fraction of sp³-hybridized carbons (Fsp3) is 1.00. The predicted molar refractivity (Wildman–Crippen MR) is 161 cm³/mol. The smallest absolute Gasteiger partial charge is 0.187 e. The zero-order valence-corrected chi connectivity index (χ0v) is 27.6. The van der Waals surface area contributed by atoms with E-state index in [-0.39, 0.29) is 6.61 Å². The van der Waals surface area contributed by atoms with E-state index in [2.05, 4.69) is 0 Å². The van der Waals surface area contributed by atoms with Crippen molar-refractivity contribution in [3.05, 3.63) is 0 Å². The second-order valence-electron chi connectivity index (χ2n) is 12.8. The Bertz CT molecular complexity index is 1010. The first-order valence-corrected chi connectivity index (χ1v) is 16.8. The number of rotatable bonds is 16. The molecule has 300 valence electrons. The monoisotopic (exact) mass is 751 g/mol. The summed E-state index contributed by atoms with van der Waals surface area (Å²) in [7, 11) is 0. The summed E-state index contributed by atoms with van der Waals surface area (Å²) in [5.74, 6) is 0. The van der Waals surface area contributed by atoms with Gasteiger partial charge >= 0.3 is 0 Å². The first-order chi connectivity index (χ1) is 24.3. The molecule has 0 aromatic rings. The lowest BCUT2D eigenvalue weighted by molar-refractivity contribution is -0.388. The van der Waals surface area contributed by atoms with Gasteiger partial charge in [0.15, 0.2) is 25.2 Å². The average Bonchev–Trinajstić information content (AvgIpc) is 3.13. The molecule has 4 aliphatic rings. The Morgan fingerprint density at radius 2 is 0.745 bits per heavy atom. The molecule has 0 aromatic carbocycles. The molecule has 4 aliphatic heterocycles. The van der Waals surface area contributed by atoms with Crippen LogP contribution in [0.15, 0.2) is 0 Å². The van der Waals surface area contributed by atoms with Crippen LogP contribution in [0.4, 0.5) is 0 Å². The molecular weight excluding hydrogens is 698 g/mol. The summed E-state index contributed by atoms with van der Waals surface area (Å²) < 4.78 is 44.3. The SMILES string of the molecule is NCCCCCO[C@@H]1OC(CO)[C@@H](O[C@H]2OC(CO)[C@H](O[C@H]3OC(CO)[C@@H](O[C@@H]4OC(CO)[C@@H](O)C(O)[C@@H]4O)[C@H](O)C3O)[C@H](O)C2O)C(O)[C@@H]1O. The van der Waals surface area contributed by atoms with Gasteiger partial charge in [0.25, 0.3) is 0 Å². The zero-order valence-electron chi connectivity index (χ0n) is 27.6. The van der Waals surface area contributed by atoms with Crippen molar-refractivity contribution in [1.29, 1.82) is 0 Å². The van der Waals surface area contributed by atoms with Crippen LogP contribution in [0, 0.1) is 0 Å². The molecular formula is C29H53NO21. The van der Waals surface area contributed by atoms with Gasteiger partial charge in [0.05, 0.1) is 26.4 Å². The summed E-state index contributed by atoms with van der Waals surface area (Å²) in [6, 6.07) is 0. The summed E-state index contributed by atoms with van der Waals surface area (Å²) in [5, 5.41) is 135. The van der Waals surface area contributed by atoms with Crippen molar-refractivity contribution in [2.45, 2.75) is 142 Å². The second-order valence-corrected chi connectivity index (χ2v) is 12.8. The van der Waals surface area contributed by atoms with E-state index < -0.39 is 149 Å². The highest BCUT2D eigenvalue weighted by molar-refractivity contribution is 4.97. The third kappa shape index (κ3) is 9.68. The first kappa shape index (κ1) is 42.9. The molecule has 8 unspecified atom stereocenters. The minimum Gasteiger partial charge on any atom is -0.394 e. The van der Waals surface area contributed by atoms with E-state index in [1.165, 1.54) is 0 Å². The Morgan fingerprint density at radius 1 is 0.392 bits per heavy atom. The van der Waals surface area contributed by atoms with Gasteiger partial charge < -0.3 is 110 Å². The number of nitrogens with two attached hydrogens (primary N) is 1. The van der Waals surface area contributed by atoms with E-state index in [4.69, 9.17) is 43.6 Å². The van der Waals surface area contributed by atoms with Crippen LogP contribution in [0.5, 0.6) is 0 Å². The van der Waals surface area contributed by atoms with Crippen molar-refractivity contribution >= 4 is 0 Å². The number of aliphatic hydroxyl groups is 13. The van der Waals surface area contributed by atoms with E-state index in [1.807, 2.05) is 0 Å². The van der Waals surface area contributed by atoms with Gasteiger partial charge in [-0.1, -0.05) is 0 Å². The van der Waals surface area contributed by atoms with E-state index in [0.29, 0.717) is 13.0 Å². The Labute approximate surface area is 292 Å². The molecule has 4 rings (SSSR count). The van der Waals surface area contributed by atoms with Gasteiger partial charge in [0.1, 0.15) is 97.7 Å². The van der Waals surface area contributed by atoms with Crippen molar-refractivity contribution in [2.24, 2.45) is 5.73 Å². The summed E-state index contributed by atoms with van der Waals surface area (Å²) in [5.41, 5.74) is 5.47. The molecule has 0 radical (unpaired) electrons. The molecule has 0 aromatic heterocycles. The minimum atomic E-state index is -2.02. The van der Waals surface area contributed by atoms with Crippen molar-refractivity contribution < 1.29 is 104 Å². The Hall–Kier alpha value is -0.880. The van der Waals surface area contributed by atoms with Crippen LogP contribution in [-0.4, -0.2) is 229 Å². The Balaban J connectivity index is 1.39. The molecule has 0 aliphatic carbocycles. The van der Waals surface area contributed by atoms with Crippen molar-refractivity contribution in [1.82, 2.24) is 0 Å². The van der Waals surface area contributed by atoms with Gasteiger partial charge in [-0.2, -0.15) is 0 Å². The van der Waals surface area contributed by atoms with Gasteiger partial charge in [-0.25, -0.2) is 0 Å². The summed E-state index contributed by atoms with van der Waals surface area (Å²) >= 11 is 0. The highest BCUT2D eigenvalue weighted by Crippen LogP contribution is 2.34. The number of unbranched alkanes of at least 4 members (excludes halogenated alkanes) is 2. The van der Waals surface area contributed by atoms with Crippen LogP contribution in [0.2, 0.25) is 0 Å². The number of aliphatic hydroxyl groups excluding tert-OH is 13. The van der Waals surface area contributed by atoms with E-state index in [1.54, 1.807) is 0 Å². The molecule has 0 saturated carbocycles. The van der Waals surface area contributed by atoms with Crippen molar-refractivity contribution in [2.75, 3.05) is 39.6 Å².